The van der Waals surface area contributed by atoms with Gasteiger partial charge >= 0.3 is 0 Å². The van der Waals surface area contributed by atoms with Crippen LogP contribution in [0.1, 0.15) is 22.4 Å². The molecule has 0 aliphatic carbocycles. The number of nitrogens with zero attached hydrogens (tertiary/aromatic N) is 2. The highest BCUT2D eigenvalue weighted by atomic mass is 32.1. The topological polar surface area (TPSA) is 49.4 Å². The molecule has 6 heteroatoms. The van der Waals surface area contributed by atoms with E-state index in [1.54, 1.807) is 7.11 Å². The average Bonchev–Trinajstić information content (AvgIpc) is 3.10. The lowest BCUT2D eigenvalue weighted by atomic mass is 10.0. The molecule has 31 heavy (non-hydrogen) atoms. The maximum absolute atomic E-state index is 5.28. The third kappa shape index (κ3) is 4.18. The number of rotatable bonds is 5. The fourth-order valence-corrected chi connectivity index (χ4v) is 5.36. The van der Waals surface area contributed by atoms with Crippen molar-refractivity contribution in [3.63, 3.8) is 0 Å². The predicted molar refractivity (Wildman–Crippen MR) is 128 cm³/mol. The van der Waals surface area contributed by atoms with Crippen LogP contribution in [-0.4, -0.2) is 42.7 Å². The van der Waals surface area contributed by atoms with Gasteiger partial charge in [-0.25, -0.2) is 0 Å². The van der Waals surface area contributed by atoms with Crippen LogP contribution in [-0.2, 0) is 6.42 Å². The van der Waals surface area contributed by atoms with Gasteiger partial charge < -0.3 is 20.3 Å². The number of anilines is 1. The summed E-state index contributed by atoms with van der Waals surface area (Å²) in [6, 6.07) is 15.3. The summed E-state index contributed by atoms with van der Waals surface area (Å²) in [6.07, 6.45) is 6.15. The summed E-state index contributed by atoms with van der Waals surface area (Å²) < 4.78 is 5.28. The Hall–Kier alpha value is -2.83. The van der Waals surface area contributed by atoms with E-state index in [1.807, 2.05) is 35.7 Å². The Labute approximate surface area is 187 Å². The third-order valence-corrected chi connectivity index (χ3v) is 7.03. The number of methoxy groups -OCH3 is 1. The van der Waals surface area contributed by atoms with Gasteiger partial charge in [0.2, 0.25) is 0 Å². The molecule has 0 spiro atoms. The van der Waals surface area contributed by atoms with Gasteiger partial charge in [0, 0.05) is 53.7 Å². The smallest absolute Gasteiger partial charge is 0.118 e. The van der Waals surface area contributed by atoms with Gasteiger partial charge in [-0.2, -0.15) is 0 Å². The molecule has 5 nitrogen and oxygen atoms in total. The number of nitrogens with one attached hydrogen (secondary N) is 2. The summed E-state index contributed by atoms with van der Waals surface area (Å²) in [5.74, 6) is 0.911. The molecule has 0 amide bonds. The van der Waals surface area contributed by atoms with Gasteiger partial charge in [0.1, 0.15) is 10.8 Å². The van der Waals surface area contributed by atoms with E-state index in [-0.39, 0.29) is 0 Å². The Balaban J connectivity index is 1.41. The second-order valence-electron chi connectivity index (χ2n) is 8.16. The number of aromatic nitrogens is 1. The molecule has 0 saturated carbocycles. The van der Waals surface area contributed by atoms with E-state index in [4.69, 9.17) is 9.72 Å². The number of ether oxygens (including phenoxy) is 1. The average molecular weight is 433 g/mol. The maximum atomic E-state index is 5.28. The van der Waals surface area contributed by atoms with E-state index in [2.05, 4.69) is 52.9 Å². The van der Waals surface area contributed by atoms with Gasteiger partial charge in [-0.1, -0.05) is 12.1 Å². The van der Waals surface area contributed by atoms with Crippen molar-refractivity contribution in [3.05, 3.63) is 75.2 Å². The highest BCUT2D eigenvalue weighted by Crippen LogP contribution is 2.34. The van der Waals surface area contributed by atoms with E-state index in [9.17, 15) is 0 Å². The summed E-state index contributed by atoms with van der Waals surface area (Å²) in [5, 5.41) is 10.7. The van der Waals surface area contributed by atoms with Crippen LogP contribution in [0.25, 0.3) is 11.9 Å². The van der Waals surface area contributed by atoms with Gasteiger partial charge in [-0.3, -0.25) is 4.98 Å². The Kier molecular flexibility index (Phi) is 5.66. The molecule has 0 radical (unpaired) electrons. The highest BCUT2D eigenvalue weighted by molar-refractivity contribution is 7.16. The van der Waals surface area contributed by atoms with E-state index in [0.29, 0.717) is 6.04 Å². The molecule has 2 N–H and O–H groups in total. The fourth-order valence-electron chi connectivity index (χ4n) is 4.48. The number of piperazine rings is 1. The zero-order chi connectivity index (χ0) is 21.2. The molecule has 5 rings (SSSR count). The van der Waals surface area contributed by atoms with Crippen molar-refractivity contribution in [1.82, 2.24) is 15.2 Å². The van der Waals surface area contributed by atoms with Gasteiger partial charge in [-0.05, 0) is 55.7 Å². The van der Waals surface area contributed by atoms with Gasteiger partial charge in [0.05, 0.1) is 18.2 Å². The van der Waals surface area contributed by atoms with Crippen LogP contribution in [0.5, 0.6) is 5.75 Å². The molecular formula is C25H28N4OS. The lowest BCUT2D eigenvalue weighted by Gasteiger charge is -2.36. The van der Waals surface area contributed by atoms with E-state index in [1.165, 1.54) is 26.7 Å². The number of benzene rings is 1. The molecule has 3 aromatic rings. The largest absolute Gasteiger partial charge is 0.497 e. The zero-order valence-electron chi connectivity index (χ0n) is 18.0. The van der Waals surface area contributed by atoms with E-state index >= 15 is 0 Å². The van der Waals surface area contributed by atoms with Crippen LogP contribution < -0.4 is 25.9 Å². The van der Waals surface area contributed by atoms with Gasteiger partial charge in [0.25, 0.3) is 0 Å². The van der Waals surface area contributed by atoms with Gasteiger partial charge in [0.15, 0.2) is 0 Å². The molecule has 4 heterocycles. The third-order valence-electron chi connectivity index (χ3n) is 6.04. The van der Waals surface area contributed by atoms with Crippen LogP contribution >= 0.6 is 11.3 Å². The zero-order valence-corrected chi connectivity index (χ0v) is 18.8. The molecule has 1 atom stereocenters. The molecule has 1 saturated heterocycles. The number of pyridine rings is 1. The molecule has 2 aliphatic rings. The van der Waals surface area contributed by atoms with Crippen LogP contribution in [0.2, 0.25) is 0 Å². The summed E-state index contributed by atoms with van der Waals surface area (Å²) >= 11 is 1.81. The summed E-state index contributed by atoms with van der Waals surface area (Å²) in [7, 11) is 1.71. The summed E-state index contributed by atoms with van der Waals surface area (Å²) in [4.78, 5) is 8.65. The van der Waals surface area contributed by atoms with Crippen LogP contribution in [0, 0.1) is 6.92 Å². The van der Waals surface area contributed by atoms with Crippen molar-refractivity contribution < 1.29 is 4.74 Å². The molecule has 1 unspecified atom stereocenters. The molecule has 2 aliphatic heterocycles. The first-order chi connectivity index (χ1) is 15.2. The minimum atomic E-state index is 0.443. The maximum Gasteiger partial charge on any atom is 0.118 e. The Morgan fingerprint density at radius 3 is 2.94 bits per heavy atom. The quantitative estimate of drug-likeness (QED) is 0.649. The monoisotopic (exact) mass is 432 g/mol. The molecule has 160 valence electrons. The molecule has 1 fully saturated rings. The predicted octanol–water partition coefficient (Wildman–Crippen LogP) is 2.69. The standard InChI is InChI=1S/C25H28N4OS/c1-17-14-22-24(23-19(4-3-11-27-23)15-28-25(22)31-17)29-13-12-26-20(16-29)8-5-18-6-9-21(30-2)10-7-18/h3-4,6-7,9-11,14-15,20,26,28H,5,8,12-13,16H2,1-2H3. The lowest BCUT2D eigenvalue weighted by molar-refractivity contribution is 0.268. The van der Waals surface area contributed by atoms with Crippen LogP contribution in [0.15, 0.2) is 48.7 Å². The van der Waals surface area contributed by atoms with Crippen LogP contribution in [0.4, 0.5) is 5.00 Å². The second-order valence-corrected chi connectivity index (χ2v) is 9.42. The first-order valence-corrected chi connectivity index (χ1v) is 11.7. The molecular weight excluding hydrogens is 404 g/mol. The molecule has 2 aromatic heterocycles. The normalized spacial score (nSPS) is 17.8. The van der Waals surface area contributed by atoms with E-state index < -0.39 is 0 Å². The van der Waals surface area contributed by atoms with Crippen molar-refractivity contribution in [3.8, 4) is 5.75 Å². The number of hydrogen-bond acceptors (Lipinski definition) is 6. The number of fused-ring (bicyclic) bond motifs is 2. The van der Waals surface area contributed by atoms with E-state index in [0.717, 1.165) is 48.8 Å². The fraction of sp³-hybridized carbons (Fsp3) is 0.320. The van der Waals surface area contributed by atoms with Crippen molar-refractivity contribution in [2.24, 2.45) is 0 Å². The van der Waals surface area contributed by atoms with Crippen molar-refractivity contribution in [2.45, 2.75) is 25.8 Å². The lowest BCUT2D eigenvalue weighted by Crippen LogP contribution is -2.51. The Bertz CT molecular complexity index is 1180. The molecule has 1 aromatic carbocycles. The minimum Gasteiger partial charge on any atom is -0.497 e. The van der Waals surface area contributed by atoms with Crippen molar-refractivity contribution >= 4 is 28.2 Å². The van der Waals surface area contributed by atoms with Gasteiger partial charge in [-0.15, -0.1) is 11.3 Å². The van der Waals surface area contributed by atoms with Crippen LogP contribution in [0.3, 0.4) is 0 Å². The first kappa shape index (κ1) is 20.1. The summed E-state index contributed by atoms with van der Waals surface area (Å²) in [5.41, 5.74) is 3.88. The number of thiophene rings is 1. The highest BCUT2D eigenvalue weighted by Gasteiger charge is 2.26. The Morgan fingerprint density at radius 1 is 1.23 bits per heavy atom. The minimum absolute atomic E-state index is 0.443. The molecule has 0 bridgehead atoms. The first-order valence-electron chi connectivity index (χ1n) is 10.9. The summed E-state index contributed by atoms with van der Waals surface area (Å²) in [6.45, 7) is 5.12. The second kappa shape index (κ2) is 8.73. The van der Waals surface area contributed by atoms with Crippen molar-refractivity contribution in [1.29, 1.82) is 0 Å². The van der Waals surface area contributed by atoms with Crippen molar-refractivity contribution in [2.75, 3.05) is 32.1 Å². The number of hydrogen-bond donors (Lipinski definition) is 2. The SMILES string of the molecule is COc1ccc(CCC2CN(C3=c4ncccc4=CNc4sc(C)cc43)CCN2)cc1. The number of aryl methyl sites for hydroxylation is 2. The Morgan fingerprint density at radius 2 is 2.10 bits per heavy atom.